The quantitative estimate of drug-likeness (QED) is 0.717. The highest BCUT2D eigenvalue weighted by molar-refractivity contribution is 5.73. The van der Waals surface area contributed by atoms with Crippen LogP contribution in [0.5, 0.6) is 5.75 Å². The molecule has 0 bridgehead atoms. The van der Waals surface area contributed by atoms with E-state index >= 15 is 0 Å². The molecule has 100 valence electrons. The maximum atomic E-state index is 11.3. The molecule has 1 rings (SSSR count). The predicted octanol–water partition coefficient (Wildman–Crippen LogP) is 1.44. The standard InChI is InChI=1S/C13H20N2O3/c1-3-8-14-13(17)15-9-12(16)10-4-6-11(18-2)7-5-10/h4-7,12,16H,3,8-9H2,1-2H3,(H2,14,15,17). The van der Waals surface area contributed by atoms with E-state index in [1.165, 1.54) is 0 Å². The molecule has 0 aliphatic rings. The highest BCUT2D eigenvalue weighted by Crippen LogP contribution is 2.16. The van der Waals surface area contributed by atoms with Gasteiger partial charge in [0, 0.05) is 13.1 Å². The van der Waals surface area contributed by atoms with Crippen LogP contribution in [0.15, 0.2) is 24.3 Å². The maximum Gasteiger partial charge on any atom is 0.314 e. The first kappa shape index (κ1) is 14.3. The Morgan fingerprint density at radius 1 is 1.33 bits per heavy atom. The fourth-order valence-corrected chi connectivity index (χ4v) is 1.43. The van der Waals surface area contributed by atoms with Crippen LogP contribution < -0.4 is 15.4 Å². The van der Waals surface area contributed by atoms with Gasteiger partial charge in [0.1, 0.15) is 5.75 Å². The Kier molecular flexibility index (Phi) is 6.00. The molecule has 0 aliphatic carbocycles. The number of aliphatic hydroxyl groups excluding tert-OH is 1. The number of carbonyl (C=O) groups excluding carboxylic acids is 1. The Morgan fingerprint density at radius 2 is 2.00 bits per heavy atom. The second-order valence-corrected chi connectivity index (χ2v) is 3.93. The number of hydrogen-bond acceptors (Lipinski definition) is 3. The van der Waals surface area contributed by atoms with E-state index in [0.29, 0.717) is 6.54 Å². The third kappa shape index (κ3) is 4.63. The molecule has 0 saturated carbocycles. The van der Waals surface area contributed by atoms with Crippen molar-refractivity contribution in [2.24, 2.45) is 0 Å². The van der Waals surface area contributed by atoms with Crippen molar-refractivity contribution >= 4 is 6.03 Å². The number of rotatable bonds is 6. The summed E-state index contributed by atoms with van der Waals surface area (Å²) in [6, 6.07) is 6.83. The average molecular weight is 252 g/mol. The van der Waals surface area contributed by atoms with Gasteiger partial charge < -0.3 is 20.5 Å². The van der Waals surface area contributed by atoms with E-state index < -0.39 is 6.10 Å². The van der Waals surface area contributed by atoms with Crippen molar-refractivity contribution in [3.63, 3.8) is 0 Å². The lowest BCUT2D eigenvalue weighted by molar-refractivity contribution is 0.173. The van der Waals surface area contributed by atoms with Gasteiger partial charge in [-0.1, -0.05) is 19.1 Å². The minimum Gasteiger partial charge on any atom is -0.497 e. The molecule has 5 nitrogen and oxygen atoms in total. The van der Waals surface area contributed by atoms with E-state index in [9.17, 15) is 9.90 Å². The average Bonchev–Trinajstić information content (AvgIpc) is 2.42. The number of aliphatic hydroxyl groups is 1. The highest BCUT2D eigenvalue weighted by Gasteiger charge is 2.09. The first-order valence-electron chi connectivity index (χ1n) is 6.01. The molecule has 0 spiro atoms. The van der Waals surface area contributed by atoms with E-state index in [4.69, 9.17) is 4.74 Å². The van der Waals surface area contributed by atoms with Crippen molar-refractivity contribution < 1.29 is 14.6 Å². The largest absolute Gasteiger partial charge is 0.497 e. The lowest BCUT2D eigenvalue weighted by Gasteiger charge is -2.13. The molecule has 0 aliphatic heterocycles. The summed E-state index contributed by atoms with van der Waals surface area (Å²) in [4.78, 5) is 11.3. The summed E-state index contributed by atoms with van der Waals surface area (Å²) in [5.41, 5.74) is 0.742. The number of benzene rings is 1. The summed E-state index contributed by atoms with van der Waals surface area (Å²) < 4.78 is 5.03. The molecular formula is C13H20N2O3. The number of urea groups is 1. The third-order valence-electron chi connectivity index (χ3n) is 2.49. The number of methoxy groups -OCH3 is 1. The fourth-order valence-electron chi connectivity index (χ4n) is 1.43. The van der Waals surface area contributed by atoms with Gasteiger partial charge >= 0.3 is 6.03 Å². The maximum absolute atomic E-state index is 11.3. The van der Waals surface area contributed by atoms with Crippen molar-refractivity contribution in [3.05, 3.63) is 29.8 Å². The van der Waals surface area contributed by atoms with Gasteiger partial charge in [-0.15, -0.1) is 0 Å². The summed E-state index contributed by atoms with van der Waals surface area (Å²) in [6.07, 6.45) is 0.164. The number of nitrogens with one attached hydrogen (secondary N) is 2. The Labute approximate surface area is 107 Å². The van der Waals surface area contributed by atoms with Crippen molar-refractivity contribution in [1.82, 2.24) is 10.6 Å². The summed E-state index contributed by atoms with van der Waals surface area (Å²) in [5, 5.41) is 15.2. The second-order valence-electron chi connectivity index (χ2n) is 3.93. The zero-order valence-electron chi connectivity index (χ0n) is 10.8. The first-order chi connectivity index (χ1) is 8.67. The van der Waals surface area contributed by atoms with Gasteiger partial charge in [-0.3, -0.25) is 0 Å². The van der Waals surface area contributed by atoms with Crippen LogP contribution in [0, 0.1) is 0 Å². The van der Waals surface area contributed by atoms with Crippen LogP contribution in [0.4, 0.5) is 4.79 Å². The molecule has 18 heavy (non-hydrogen) atoms. The SMILES string of the molecule is CCCNC(=O)NCC(O)c1ccc(OC)cc1. The molecular weight excluding hydrogens is 232 g/mol. The van der Waals surface area contributed by atoms with E-state index in [1.54, 1.807) is 31.4 Å². The van der Waals surface area contributed by atoms with Gasteiger partial charge in [-0.2, -0.15) is 0 Å². The monoisotopic (exact) mass is 252 g/mol. The zero-order valence-corrected chi connectivity index (χ0v) is 10.8. The van der Waals surface area contributed by atoms with Gasteiger partial charge in [-0.25, -0.2) is 4.79 Å². The zero-order chi connectivity index (χ0) is 13.4. The molecule has 5 heteroatoms. The topological polar surface area (TPSA) is 70.6 Å². The second kappa shape index (κ2) is 7.55. The Balaban J connectivity index is 2.39. The molecule has 0 radical (unpaired) electrons. The van der Waals surface area contributed by atoms with Gasteiger partial charge in [0.15, 0.2) is 0 Å². The molecule has 0 aromatic heterocycles. The predicted molar refractivity (Wildman–Crippen MR) is 69.6 cm³/mol. The Bertz CT molecular complexity index is 365. The fraction of sp³-hybridized carbons (Fsp3) is 0.462. The van der Waals surface area contributed by atoms with Gasteiger partial charge in [0.05, 0.1) is 13.2 Å². The summed E-state index contributed by atoms with van der Waals surface area (Å²) in [7, 11) is 1.59. The normalized spacial score (nSPS) is 11.7. The molecule has 0 saturated heterocycles. The minimum atomic E-state index is -0.719. The van der Waals surface area contributed by atoms with Crippen LogP contribution in [-0.2, 0) is 0 Å². The molecule has 2 amide bonds. The van der Waals surface area contributed by atoms with E-state index in [2.05, 4.69) is 10.6 Å². The van der Waals surface area contributed by atoms with Crippen LogP contribution in [0.2, 0.25) is 0 Å². The first-order valence-corrected chi connectivity index (χ1v) is 6.01. The van der Waals surface area contributed by atoms with Crippen LogP contribution in [0.3, 0.4) is 0 Å². The molecule has 0 heterocycles. The molecule has 0 fully saturated rings. The van der Waals surface area contributed by atoms with Crippen molar-refractivity contribution in [2.45, 2.75) is 19.4 Å². The number of amides is 2. The lowest BCUT2D eigenvalue weighted by Crippen LogP contribution is -2.38. The molecule has 1 atom stereocenters. The van der Waals surface area contributed by atoms with E-state index in [-0.39, 0.29) is 12.6 Å². The van der Waals surface area contributed by atoms with Crippen LogP contribution in [0.1, 0.15) is 25.0 Å². The van der Waals surface area contributed by atoms with Crippen LogP contribution in [0.25, 0.3) is 0 Å². The molecule has 1 aromatic carbocycles. The molecule has 3 N–H and O–H groups in total. The third-order valence-corrected chi connectivity index (χ3v) is 2.49. The molecule has 1 unspecified atom stereocenters. The van der Waals surface area contributed by atoms with Crippen LogP contribution in [-0.4, -0.2) is 31.3 Å². The van der Waals surface area contributed by atoms with Crippen molar-refractivity contribution in [1.29, 1.82) is 0 Å². The van der Waals surface area contributed by atoms with E-state index in [1.807, 2.05) is 6.92 Å². The van der Waals surface area contributed by atoms with E-state index in [0.717, 1.165) is 17.7 Å². The minimum absolute atomic E-state index is 0.182. The highest BCUT2D eigenvalue weighted by atomic mass is 16.5. The lowest BCUT2D eigenvalue weighted by atomic mass is 10.1. The summed E-state index contributed by atoms with van der Waals surface area (Å²) in [6.45, 7) is 2.79. The van der Waals surface area contributed by atoms with Gasteiger partial charge in [0.25, 0.3) is 0 Å². The Morgan fingerprint density at radius 3 is 2.56 bits per heavy atom. The van der Waals surface area contributed by atoms with Gasteiger partial charge in [0.2, 0.25) is 0 Å². The molecule has 1 aromatic rings. The van der Waals surface area contributed by atoms with Crippen molar-refractivity contribution in [2.75, 3.05) is 20.2 Å². The summed E-state index contributed by atoms with van der Waals surface area (Å²) >= 11 is 0. The van der Waals surface area contributed by atoms with Gasteiger partial charge in [-0.05, 0) is 24.1 Å². The van der Waals surface area contributed by atoms with Crippen molar-refractivity contribution in [3.8, 4) is 5.75 Å². The number of ether oxygens (including phenoxy) is 1. The number of hydrogen-bond donors (Lipinski definition) is 3. The Hall–Kier alpha value is -1.75. The van der Waals surface area contributed by atoms with Crippen LogP contribution >= 0.6 is 0 Å². The smallest absolute Gasteiger partial charge is 0.314 e. The summed E-state index contributed by atoms with van der Waals surface area (Å²) in [5.74, 6) is 0.736. The number of carbonyl (C=O) groups is 1.